The van der Waals surface area contributed by atoms with Gasteiger partial charge in [-0.15, -0.1) is 0 Å². The Morgan fingerprint density at radius 1 is 0.614 bits per heavy atom. The van der Waals surface area contributed by atoms with Crippen molar-refractivity contribution in [3.05, 3.63) is 0 Å². The van der Waals surface area contributed by atoms with E-state index < -0.39 is 140 Å². The van der Waals surface area contributed by atoms with Gasteiger partial charge in [0.15, 0.2) is 5.96 Å². The van der Waals surface area contributed by atoms with E-state index in [0.717, 1.165) is 0 Å². The number of aliphatic carboxylic acids is 2. The van der Waals surface area contributed by atoms with E-state index in [1.165, 1.54) is 13.8 Å². The van der Waals surface area contributed by atoms with Crippen LogP contribution in [0, 0.1) is 11.8 Å². The molecule has 0 radical (unpaired) electrons. The number of carbonyl (C=O) groups excluding carboxylic acids is 8. The minimum atomic E-state index is -1.78. The van der Waals surface area contributed by atoms with Gasteiger partial charge in [-0.05, 0) is 31.1 Å². The summed E-state index contributed by atoms with van der Waals surface area (Å²) < 4.78 is 0. The first-order chi connectivity index (χ1) is 26.5. The predicted octanol–water partition coefficient (Wildman–Crippen LogP) is -5.91. The Labute approximate surface area is 334 Å². The van der Waals surface area contributed by atoms with Crippen molar-refractivity contribution in [2.45, 2.75) is 96.1 Å². The highest BCUT2D eigenvalue weighted by Crippen LogP contribution is 2.09. The van der Waals surface area contributed by atoms with E-state index in [4.69, 9.17) is 28.0 Å². The Morgan fingerprint density at radius 3 is 1.53 bits per heavy atom. The Bertz CT molecular complexity index is 1490. The number of guanidine groups is 1. The van der Waals surface area contributed by atoms with E-state index in [1.54, 1.807) is 13.8 Å². The molecule has 25 heteroatoms. The summed E-state index contributed by atoms with van der Waals surface area (Å²) in [6, 6.07) is -8.51. The minimum Gasteiger partial charge on any atom is -0.481 e. The van der Waals surface area contributed by atoms with Crippen LogP contribution in [0.1, 0.15) is 59.8 Å². The summed E-state index contributed by atoms with van der Waals surface area (Å²) >= 11 is 4.16. The molecule has 6 atom stereocenters. The number of carboxylic acid groups (broad SMARTS) is 2. The van der Waals surface area contributed by atoms with Crippen molar-refractivity contribution in [2.75, 3.05) is 25.4 Å². The van der Waals surface area contributed by atoms with Crippen molar-refractivity contribution in [3.63, 3.8) is 0 Å². The first kappa shape index (κ1) is 51.3. The Morgan fingerprint density at radius 2 is 1.09 bits per heavy atom. The first-order valence-corrected chi connectivity index (χ1v) is 18.3. The number of carbonyl (C=O) groups is 10. The fraction of sp³-hybridized carbons (Fsp3) is 0.656. The van der Waals surface area contributed by atoms with Crippen LogP contribution in [-0.2, 0) is 47.9 Å². The highest BCUT2D eigenvalue weighted by molar-refractivity contribution is 7.80. The maximum absolute atomic E-state index is 13.5. The maximum Gasteiger partial charge on any atom is 0.322 e. The number of primary amides is 1. The summed E-state index contributed by atoms with van der Waals surface area (Å²) in [6.07, 6.45) is -1.49. The van der Waals surface area contributed by atoms with E-state index in [2.05, 4.69) is 49.5 Å². The van der Waals surface area contributed by atoms with Gasteiger partial charge in [-0.3, -0.25) is 52.9 Å². The monoisotopic (exact) mass is 832 g/mol. The molecule has 0 aromatic rings. The van der Waals surface area contributed by atoms with E-state index in [-0.39, 0.29) is 31.1 Å². The Hall–Kier alpha value is -5.72. The predicted molar refractivity (Wildman–Crippen MR) is 205 cm³/mol. The Balaban J connectivity index is 6.07. The molecular formula is C32H56N12O12S. The van der Waals surface area contributed by atoms with E-state index in [9.17, 15) is 53.1 Å². The van der Waals surface area contributed by atoms with Gasteiger partial charge in [0.1, 0.15) is 42.8 Å². The molecule has 24 nitrogen and oxygen atoms in total. The molecule has 0 aliphatic rings. The number of carboxylic acids is 2. The molecule has 0 unspecified atom stereocenters. The van der Waals surface area contributed by atoms with Gasteiger partial charge >= 0.3 is 11.9 Å². The summed E-state index contributed by atoms with van der Waals surface area (Å²) in [6.45, 7) is 5.15. The molecule has 0 saturated heterocycles. The van der Waals surface area contributed by atoms with Crippen molar-refractivity contribution < 1.29 is 58.2 Å². The fourth-order valence-electron chi connectivity index (χ4n) is 4.82. The number of hydrogen-bond donors (Lipinski definition) is 14. The van der Waals surface area contributed by atoms with Crippen LogP contribution in [0.5, 0.6) is 0 Å². The summed E-state index contributed by atoms with van der Waals surface area (Å²) in [5, 5.41) is 34.5. The average molecular weight is 833 g/mol. The van der Waals surface area contributed by atoms with Crippen LogP contribution in [0.2, 0.25) is 0 Å². The van der Waals surface area contributed by atoms with Gasteiger partial charge in [0.05, 0.1) is 13.0 Å². The van der Waals surface area contributed by atoms with Crippen LogP contribution >= 0.6 is 12.6 Å². The molecule has 0 heterocycles. The zero-order valence-corrected chi connectivity index (χ0v) is 33.1. The van der Waals surface area contributed by atoms with Gasteiger partial charge in [0.25, 0.3) is 0 Å². The number of rotatable bonds is 27. The number of nitrogens with zero attached hydrogens (tertiary/aromatic N) is 1. The number of amides is 8. The first-order valence-electron chi connectivity index (χ1n) is 17.7. The Kier molecular flexibility index (Phi) is 23.6. The lowest BCUT2D eigenvalue weighted by Crippen LogP contribution is -2.61. The van der Waals surface area contributed by atoms with E-state index in [0.29, 0.717) is 0 Å². The van der Waals surface area contributed by atoms with Crippen molar-refractivity contribution in [1.82, 2.24) is 37.2 Å². The van der Waals surface area contributed by atoms with Crippen LogP contribution in [0.4, 0.5) is 0 Å². The van der Waals surface area contributed by atoms with Crippen molar-refractivity contribution in [3.8, 4) is 0 Å². The maximum atomic E-state index is 13.5. The SMILES string of the molecule is CC(C)[C@H](NC(=O)[C@H](CS)NC(=O)[C@@H](NC(=O)[C@H](CCCN=C(N)N)NC(=O)CN)C(C)C)C(=O)N[C@@H](CCC(N)=O)C(=O)N[C@@H](CC(=O)O)C(=O)NCC(=O)O. The summed E-state index contributed by atoms with van der Waals surface area (Å²) in [5.41, 5.74) is 21.3. The molecule has 322 valence electrons. The normalized spacial score (nSPS) is 14.0. The lowest BCUT2D eigenvalue weighted by molar-refractivity contribution is -0.142. The zero-order chi connectivity index (χ0) is 44.0. The largest absolute Gasteiger partial charge is 0.481 e. The molecule has 57 heavy (non-hydrogen) atoms. The van der Waals surface area contributed by atoms with Crippen molar-refractivity contribution in [2.24, 2.45) is 39.8 Å². The average Bonchev–Trinajstić information content (AvgIpc) is 3.11. The molecule has 17 N–H and O–H groups in total. The number of thiol groups is 1. The van der Waals surface area contributed by atoms with Crippen LogP contribution in [0.3, 0.4) is 0 Å². The highest BCUT2D eigenvalue weighted by Gasteiger charge is 2.35. The third kappa shape index (κ3) is 20.7. The molecule has 0 spiro atoms. The van der Waals surface area contributed by atoms with E-state index in [1.807, 2.05) is 5.32 Å². The second-order valence-electron chi connectivity index (χ2n) is 13.3. The molecule has 0 aliphatic heterocycles. The second kappa shape index (κ2) is 26.2. The third-order valence-electron chi connectivity index (χ3n) is 7.83. The molecule has 0 bridgehead atoms. The lowest BCUT2D eigenvalue weighted by atomic mass is 10.0. The van der Waals surface area contributed by atoms with Crippen LogP contribution in [-0.4, -0.2) is 137 Å². The standard InChI is InChI=1S/C32H56N12O12S/c1-14(2)24(30(55)40-17(7-8-20(34)45)27(52)41-18(10-22(47)48)26(51)38-12-23(49)50)44-29(54)19(13-57)42-31(56)25(15(3)4)43-28(53)16(39-21(46)11-33)6-5-9-37-32(35)36/h14-19,24-25,57H,5-13,33H2,1-4H3,(H2,34,45)(H,38,51)(H,39,46)(H,40,55)(H,41,52)(H,42,56)(H,43,53)(H,44,54)(H,47,48)(H,49,50)(H4,35,36,37)/t16-,17-,18-,19-,24-,25-/m0/s1. The number of aliphatic imine (C=N–C) groups is 1. The lowest BCUT2D eigenvalue weighted by Gasteiger charge is -2.29. The minimum absolute atomic E-state index is 0.0806. The van der Waals surface area contributed by atoms with Crippen LogP contribution < -0.4 is 60.2 Å². The molecule has 8 amide bonds. The summed E-state index contributed by atoms with van der Waals surface area (Å²) in [4.78, 5) is 129. The van der Waals surface area contributed by atoms with Gasteiger partial charge < -0.3 is 70.4 Å². The fourth-order valence-corrected chi connectivity index (χ4v) is 5.08. The van der Waals surface area contributed by atoms with Gasteiger partial charge in [0.2, 0.25) is 47.3 Å². The number of hydrogen-bond acceptors (Lipinski definition) is 13. The molecular weight excluding hydrogens is 776 g/mol. The van der Waals surface area contributed by atoms with Crippen molar-refractivity contribution >= 4 is 77.8 Å². The van der Waals surface area contributed by atoms with Gasteiger partial charge in [-0.1, -0.05) is 27.7 Å². The number of nitrogens with one attached hydrogen (secondary N) is 7. The summed E-state index contributed by atoms with van der Waals surface area (Å²) in [5.74, 6) is -11.8. The van der Waals surface area contributed by atoms with Gasteiger partial charge in [-0.25, -0.2) is 0 Å². The summed E-state index contributed by atoms with van der Waals surface area (Å²) in [7, 11) is 0. The van der Waals surface area contributed by atoms with E-state index >= 15 is 0 Å². The van der Waals surface area contributed by atoms with Gasteiger partial charge in [-0.2, -0.15) is 12.6 Å². The number of nitrogens with two attached hydrogens (primary N) is 4. The third-order valence-corrected chi connectivity index (χ3v) is 8.19. The molecule has 0 aliphatic carbocycles. The molecule has 0 aromatic heterocycles. The van der Waals surface area contributed by atoms with Gasteiger partial charge in [0, 0.05) is 18.7 Å². The molecule has 0 saturated carbocycles. The molecule has 0 aromatic carbocycles. The highest BCUT2D eigenvalue weighted by atomic mass is 32.1. The van der Waals surface area contributed by atoms with Crippen LogP contribution in [0.15, 0.2) is 4.99 Å². The topological polar surface area (TPSA) is 412 Å². The molecule has 0 rings (SSSR count). The second-order valence-corrected chi connectivity index (χ2v) is 13.7. The zero-order valence-electron chi connectivity index (χ0n) is 32.2. The van der Waals surface area contributed by atoms with Crippen LogP contribution in [0.25, 0.3) is 0 Å². The molecule has 0 fully saturated rings. The quantitative estimate of drug-likeness (QED) is 0.0159. The smallest absolute Gasteiger partial charge is 0.322 e. The van der Waals surface area contributed by atoms with Crippen molar-refractivity contribution in [1.29, 1.82) is 0 Å².